The Hall–Kier alpha value is -2.19. The van der Waals surface area contributed by atoms with Gasteiger partial charge in [0.1, 0.15) is 0 Å². The highest BCUT2D eigenvalue weighted by Gasteiger charge is 2.17. The Labute approximate surface area is 152 Å². The van der Waals surface area contributed by atoms with Crippen LogP contribution < -0.4 is 16.0 Å². The van der Waals surface area contributed by atoms with Gasteiger partial charge >= 0.3 is 5.69 Å². The Balaban J connectivity index is 1.88. The summed E-state index contributed by atoms with van der Waals surface area (Å²) in [4.78, 5) is 24.3. The summed E-state index contributed by atoms with van der Waals surface area (Å²) in [6.07, 6.45) is 7.34. The van der Waals surface area contributed by atoms with E-state index in [9.17, 15) is 18.0 Å². The molecule has 0 atom stereocenters. The largest absolute Gasteiger partial charge is 0.330 e. The van der Waals surface area contributed by atoms with E-state index in [1.807, 2.05) is 0 Å². The quantitative estimate of drug-likeness (QED) is 0.798. The Morgan fingerprint density at radius 3 is 2.58 bits per heavy atom. The third-order valence-corrected chi connectivity index (χ3v) is 6.33. The fourth-order valence-electron chi connectivity index (χ4n) is 3.30. The standard InChI is InChI=1S/C18H23N3O4S/c1-20-16-9-8-14(12-15(16)17(22)21(2)18(20)23)26(24,25)19-11-10-13-6-4-3-5-7-13/h6,8-9,12,19H,3-5,7,10-11H2,1-2H3. The van der Waals surface area contributed by atoms with Gasteiger partial charge in [-0.1, -0.05) is 11.6 Å². The van der Waals surface area contributed by atoms with Crippen LogP contribution >= 0.6 is 0 Å². The van der Waals surface area contributed by atoms with Crippen LogP contribution in [0.5, 0.6) is 0 Å². The lowest BCUT2D eigenvalue weighted by molar-refractivity contribution is 0.579. The van der Waals surface area contributed by atoms with E-state index in [0.29, 0.717) is 18.5 Å². The SMILES string of the molecule is Cn1c(=O)c2cc(S(=O)(=O)NCCC3=CCCCC3)ccc2n(C)c1=O. The van der Waals surface area contributed by atoms with Crippen molar-refractivity contribution in [1.29, 1.82) is 0 Å². The summed E-state index contributed by atoms with van der Waals surface area (Å²) < 4.78 is 30.0. The van der Waals surface area contributed by atoms with Gasteiger partial charge in [-0.2, -0.15) is 0 Å². The van der Waals surface area contributed by atoms with Gasteiger partial charge in [-0.3, -0.25) is 13.9 Å². The van der Waals surface area contributed by atoms with Gasteiger partial charge in [-0.05, 0) is 50.3 Å². The molecule has 1 heterocycles. The van der Waals surface area contributed by atoms with Crippen molar-refractivity contribution in [2.45, 2.75) is 37.0 Å². The van der Waals surface area contributed by atoms with E-state index in [4.69, 9.17) is 0 Å². The van der Waals surface area contributed by atoms with Crippen molar-refractivity contribution in [1.82, 2.24) is 13.9 Å². The number of fused-ring (bicyclic) bond motifs is 1. The van der Waals surface area contributed by atoms with Crippen molar-refractivity contribution in [3.63, 3.8) is 0 Å². The molecule has 1 aromatic heterocycles. The molecule has 140 valence electrons. The fourth-order valence-corrected chi connectivity index (χ4v) is 4.36. The van der Waals surface area contributed by atoms with Crippen LogP contribution in [0.2, 0.25) is 0 Å². The molecule has 0 amide bonds. The van der Waals surface area contributed by atoms with E-state index in [1.165, 1.54) is 41.8 Å². The van der Waals surface area contributed by atoms with E-state index in [2.05, 4.69) is 10.8 Å². The number of nitrogens with one attached hydrogen (secondary N) is 1. The minimum Gasteiger partial charge on any atom is -0.296 e. The summed E-state index contributed by atoms with van der Waals surface area (Å²) in [5.41, 5.74) is 0.746. The lowest BCUT2D eigenvalue weighted by atomic mass is 9.97. The normalized spacial score (nSPS) is 15.2. The number of allylic oxidation sites excluding steroid dienone is 1. The van der Waals surface area contributed by atoms with Crippen molar-refractivity contribution in [3.05, 3.63) is 50.7 Å². The second kappa shape index (κ2) is 7.20. The number of nitrogens with zero attached hydrogens (tertiary/aromatic N) is 2. The van der Waals surface area contributed by atoms with Crippen molar-refractivity contribution in [2.24, 2.45) is 14.1 Å². The topological polar surface area (TPSA) is 90.2 Å². The Bertz CT molecular complexity index is 1090. The third kappa shape index (κ3) is 3.52. The molecule has 1 aromatic carbocycles. The molecule has 0 aliphatic heterocycles. The van der Waals surface area contributed by atoms with Gasteiger partial charge in [0.2, 0.25) is 10.0 Å². The monoisotopic (exact) mass is 377 g/mol. The molecule has 2 aromatic rings. The molecule has 0 spiro atoms. The molecule has 8 heteroatoms. The average Bonchev–Trinajstić information content (AvgIpc) is 2.65. The second-order valence-corrected chi connectivity index (χ2v) is 8.41. The number of aryl methyl sites for hydroxylation is 1. The van der Waals surface area contributed by atoms with E-state index in [-0.39, 0.29) is 10.3 Å². The minimum atomic E-state index is -3.72. The van der Waals surface area contributed by atoms with Gasteiger partial charge in [0.15, 0.2) is 0 Å². The summed E-state index contributed by atoms with van der Waals surface area (Å²) in [5.74, 6) is 0. The molecular weight excluding hydrogens is 354 g/mol. The Morgan fingerprint density at radius 1 is 1.12 bits per heavy atom. The molecule has 26 heavy (non-hydrogen) atoms. The Kier molecular flexibility index (Phi) is 5.15. The van der Waals surface area contributed by atoms with Gasteiger partial charge in [0.05, 0.1) is 15.8 Å². The number of hydrogen-bond acceptors (Lipinski definition) is 4. The van der Waals surface area contributed by atoms with Crippen LogP contribution in [0.3, 0.4) is 0 Å². The van der Waals surface area contributed by atoms with E-state index >= 15 is 0 Å². The van der Waals surface area contributed by atoms with Gasteiger partial charge in [0, 0.05) is 20.6 Å². The van der Waals surface area contributed by atoms with E-state index < -0.39 is 21.3 Å². The third-order valence-electron chi connectivity index (χ3n) is 4.87. The molecule has 7 nitrogen and oxygen atoms in total. The van der Waals surface area contributed by atoms with Crippen molar-refractivity contribution in [2.75, 3.05) is 6.54 Å². The highest BCUT2D eigenvalue weighted by atomic mass is 32.2. The highest BCUT2D eigenvalue weighted by molar-refractivity contribution is 7.89. The lowest BCUT2D eigenvalue weighted by Gasteiger charge is -2.13. The molecule has 0 saturated carbocycles. The maximum absolute atomic E-state index is 12.6. The summed E-state index contributed by atoms with van der Waals surface area (Å²) in [7, 11) is -0.791. The summed E-state index contributed by atoms with van der Waals surface area (Å²) in [5, 5.41) is 0.201. The fraction of sp³-hybridized carbons (Fsp3) is 0.444. The minimum absolute atomic E-state index is 0.0263. The van der Waals surface area contributed by atoms with E-state index in [1.54, 1.807) is 7.05 Å². The van der Waals surface area contributed by atoms with Gasteiger partial charge < -0.3 is 0 Å². The first-order chi connectivity index (χ1) is 12.3. The molecule has 0 bridgehead atoms. The molecule has 0 unspecified atom stereocenters. The molecule has 0 saturated heterocycles. The van der Waals surface area contributed by atoms with Crippen LogP contribution in [0, 0.1) is 0 Å². The number of rotatable bonds is 5. The zero-order valence-electron chi connectivity index (χ0n) is 15.0. The van der Waals surface area contributed by atoms with Crippen molar-refractivity contribution < 1.29 is 8.42 Å². The summed E-state index contributed by atoms with van der Waals surface area (Å²) in [6.45, 7) is 0.331. The predicted molar refractivity (Wildman–Crippen MR) is 101 cm³/mol. The number of benzene rings is 1. The van der Waals surface area contributed by atoms with Gasteiger partial charge in [-0.15, -0.1) is 0 Å². The molecule has 0 fully saturated rings. The second-order valence-electron chi connectivity index (χ2n) is 6.64. The van der Waals surface area contributed by atoms with Crippen LogP contribution in [-0.2, 0) is 24.1 Å². The molecule has 0 radical (unpaired) electrons. The maximum Gasteiger partial charge on any atom is 0.330 e. The zero-order valence-corrected chi connectivity index (χ0v) is 15.8. The Morgan fingerprint density at radius 2 is 1.88 bits per heavy atom. The number of sulfonamides is 1. The zero-order chi connectivity index (χ0) is 18.9. The van der Waals surface area contributed by atoms with Crippen LogP contribution in [0.15, 0.2) is 44.3 Å². The van der Waals surface area contributed by atoms with Crippen LogP contribution in [-0.4, -0.2) is 24.1 Å². The van der Waals surface area contributed by atoms with Crippen LogP contribution in [0.4, 0.5) is 0 Å². The van der Waals surface area contributed by atoms with Gasteiger partial charge in [-0.25, -0.2) is 17.9 Å². The molecule has 1 aliphatic carbocycles. The lowest BCUT2D eigenvalue weighted by Crippen LogP contribution is -2.37. The molecule has 3 rings (SSSR count). The van der Waals surface area contributed by atoms with Crippen molar-refractivity contribution >= 4 is 20.9 Å². The van der Waals surface area contributed by atoms with Crippen LogP contribution in [0.25, 0.3) is 10.9 Å². The highest BCUT2D eigenvalue weighted by Crippen LogP contribution is 2.20. The first-order valence-corrected chi connectivity index (χ1v) is 10.2. The van der Waals surface area contributed by atoms with Crippen molar-refractivity contribution in [3.8, 4) is 0 Å². The van der Waals surface area contributed by atoms with Crippen LogP contribution in [0.1, 0.15) is 32.1 Å². The summed E-state index contributed by atoms with van der Waals surface area (Å²) >= 11 is 0. The predicted octanol–water partition coefficient (Wildman–Crippen LogP) is 1.41. The molecule has 1 N–H and O–H groups in total. The maximum atomic E-state index is 12.6. The van der Waals surface area contributed by atoms with E-state index in [0.717, 1.165) is 23.8 Å². The first-order valence-electron chi connectivity index (χ1n) is 8.68. The smallest absolute Gasteiger partial charge is 0.296 e. The molecule has 1 aliphatic rings. The summed E-state index contributed by atoms with van der Waals surface area (Å²) in [6, 6.07) is 4.25. The first kappa shape index (κ1) is 18.6. The molecular formula is C18H23N3O4S. The number of aromatic nitrogens is 2. The average molecular weight is 377 g/mol. The van der Waals surface area contributed by atoms with Gasteiger partial charge in [0.25, 0.3) is 5.56 Å². The number of hydrogen-bond donors (Lipinski definition) is 1.